The number of hydrogen-bond donors (Lipinski definition) is 1. The zero-order valence-corrected chi connectivity index (χ0v) is 14.1. The standard InChI is InChI=1S/C21H14FN3O2/c22-18-11-5-10-17-19(18)23-13-24-21(17)27-16-9-4-6-14(12-16)20(26)25-15-7-2-1-3-8-15/h1-13H,(H,25,26). The number of ether oxygens (including phenoxy) is 1. The lowest BCUT2D eigenvalue weighted by atomic mass is 10.2. The third-order valence-corrected chi connectivity index (χ3v) is 3.92. The smallest absolute Gasteiger partial charge is 0.255 e. The molecule has 27 heavy (non-hydrogen) atoms. The number of rotatable bonds is 4. The van der Waals surface area contributed by atoms with E-state index in [4.69, 9.17) is 4.74 Å². The molecule has 5 nitrogen and oxygen atoms in total. The van der Waals surface area contributed by atoms with Crippen molar-refractivity contribution in [3.63, 3.8) is 0 Å². The van der Waals surface area contributed by atoms with Crippen LogP contribution in [0.15, 0.2) is 79.1 Å². The Morgan fingerprint density at radius 1 is 0.926 bits per heavy atom. The van der Waals surface area contributed by atoms with Gasteiger partial charge in [-0.25, -0.2) is 14.4 Å². The highest BCUT2D eigenvalue weighted by Gasteiger charge is 2.11. The van der Waals surface area contributed by atoms with E-state index in [2.05, 4.69) is 15.3 Å². The number of hydrogen-bond acceptors (Lipinski definition) is 4. The average Bonchev–Trinajstić information content (AvgIpc) is 2.70. The molecule has 0 aliphatic carbocycles. The zero-order chi connectivity index (χ0) is 18.6. The van der Waals surface area contributed by atoms with Crippen LogP contribution in [0, 0.1) is 5.82 Å². The summed E-state index contributed by atoms with van der Waals surface area (Å²) in [6, 6.07) is 20.4. The van der Waals surface area contributed by atoms with Gasteiger partial charge in [0.2, 0.25) is 5.88 Å². The van der Waals surface area contributed by atoms with Crippen molar-refractivity contribution in [2.24, 2.45) is 0 Å². The van der Waals surface area contributed by atoms with Crippen molar-refractivity contribution in [3.05, 3.63) is 90.5 Å². The molecule has 0 fully saturated rings. The van der Waals surface area contributed by atoms with E-state index in [0.29, 0.717) is 22.4 Å². The SMILES string of the molecule is O=C(Nc1ccccc1)c1cccc(Oc2ncnc3c(F)cccc23)c1. The Kier molecular flexibility index (Phi) is 4.45. The van der Waals surface area contributed by atoms with Gasteiger partial charge in [-0.15, -0.1) is 0 Å². The zero-order valence-electron chi connectivity index (χ0n) is 14.1. The molecule has 4 aromatic rings. The van der Waals surface area contributed by atoms with Crippen molar-refractivity contribution in [2.45, 2.75) is 0 Å². The molecule has 1 amide bonds. The Hall–Kier alpha value is -3.80. The molecule has 0 saturated carbocycles. The van der Waals surface area contributed by atoms with Crippen LogP contribution >= 0.6 is 0 Å². The van der Waals surface area contributed by atoms with Gasteiger partial charge >= 0.3 is 0 Å². The van der Waals surface area contributed by atoms with Crippen molar-refractivity contribution in [2.75, 3.05) is 5.32 Å². The van der Waals surface area contributed by atoms with Crippen LogP contribution in [0.2, 0.25) is 0 Å². The van der Waals surface area contributed by atoms with Gasteiger partial charge in [-0.05, 0) is 42.5 Å². The molecule has 6 heteroatoms. The second-order valence-corrected chi connectivity index (χ2v) is 5.76. The van der Waals surface area contributed by atoms with Crippen LogP contribution in [0.4, 0.5) is 10.1 Å². The topological polar surface area (TPSA) is 64.1 Å². The predicted molar refractivity (Wildman–Crippen MR) is 100 cm³/mol. The summed E-state index contributed by atoms with van der Waals surface area (Å²) in [5.74, 6) is -0.0685. The number of carbonyl (C=O) groups excluding carboxylic acids is 1. The second-order valence-electron chi connectivity index (χ2n) is 5.76. The number of halogens is 1. The number of aromatic nitrogens is 2. The average molecular weight is 359 g/mol. The number of nitrogens with zero attached hydrogens (tertiary/aromatic N) is 2. The van der Waals surface area contributed by atoms with Gasteiger partial charge in [0.05, 0.1) is 5.39 Å². The van der Waals surface area contributed by atoms with Crippen LogP contribution in [0.5, 0.6) is 11.6 Å². The fourth-order valence-electron chi connectivity index (χ4n) is 2.65. The first kappa shape index (κ1) is 16.7. The van der Waals surface area contributed by atoms with Crippen LogP contribution in [-0.4, -0.2) is 15.9 Å². The van der Waals surface area contributed by atoms with Gasteiger partial charge in [-0.2, -0.15) is 0 Å². The minimum absolute atomic E-state index is 0.181. The highest BCUT2D eigenvalue weighted by atomic mass is 19.1. The third-order valence-electron chi connectivity index (χ3n) is 3.92. The van der Waals surface area contributed by atoms with Crippen molar-refractivity contribution < 1.29 is 13.9 Å². The molecule has 132 valence electrons. The molecule has 1 aromatic heterocycles. The number of benzene rings is 3. The largest absolute Gasteiger partial charge is 0.438 e. The lowest BCUT2D eigenvalue weighted by Gasteiger charge is -2.09. The van der Waals surface area contributed by atoms with E-state index in [9.17, 15) is 9.18 Å². The molecule has 1 N–H and O–H groups in total. The molecule has 0 bridgehead atoms. The van der Waals surface area contributed by atoms with E-state index in [-0.39, 0.29) is 17.3 Å². The van der Waals surface area contributed by atoms with Crippen molar-refractivity contribution >= 4 is 22.5 Å². The van der Waals surface area contributed by atoms with E-state index in [0.717, 1.165) is 0 Å². The Morgan fingerprint density at radius 2 is 1.74 bits per heavy atom. The molecule has 0 unspecified atom stereocenters. The summed E-state index contributed by atoms with van der Waals surface area (Å²) in [6.07, 6.45) is 1.24. The maximum atomic E-state index is 13.9. The van der Waals surface area contributed by atoms with Crippen LogP contribution < -0.4 is 10.1 Å². The van der Waals surface area contributed by atoms with E-state index in [1.807, 2.05) is 18.2 Å². The summed E-state index contributed by atoms with van der Waals surface area (Å²) < 4.78 is 19.7. The maximum absolute atomic E-state index is 13.9. The minimum Gasteiger partial charge on any atom is -0.438 e. The van der Waals surface area contributed by atoms with E-state index < -0.39 is 5.82 Å². The van der Waals surface area contributed by atoms with Gasteiger partial charge in [0.1, 0.15) is 23.4 Å². The van der Waals surface area contributed by atoms with E-state index in [1.54, 1.807) is 48.5 Å². The summed E-state index contributed by atoms with van der Waals surface area (Å²) in [7, 11) is 0. The predicted octanol–water partition coefficient (Wildman–Crippen LogP) is 4.81. The van der Waals surface area contributed by atoms with Gasteiger partial charge in [0.15, 0.2) is 0 Å². The molecular weight excluding hydrogens is 345 g/mol. The van der Waals surface area contributed by atoms with Crippen molar-refractivity contribution in [1.29, 1.82) is 0 Å². The molecular formula is C21H14FN3O2. The highest BCUT2D eigenvalue weighted by molar-refractivity contribution is 6.04. The molecule has 3 aromatic carbocycles. The van der Waals surface area contributed by atoms with Crippen LogP contribution in [0.1, 0.15) is 10.4 Å². The van der Waals surface area contributed by atoms with E-state index in [1.165, 1.54) is 12.4 Å². The number of nitrogens with one attached hydrogen (secondary N) is 1. The number of para-hydroxylation sites is 2. The summed E-state index contributed by atoms with van der Waals surface area (Å²) in [5.41, 5.74) is 1.31. The summed E-state index contributed by atoms with van der Waals surface area (Å²) in [4.78, 5) is 20.5. The molecule has 0 atom stereocenters. The van der Waals surface area contributed by atoms with Gasteiger partial charge in [0, 0.05) is 11.3 Å². The molecule has 1 heterocycles. The second kappa shape index (κ2) is 7.21. The molecule has 0 aliphatic rings. The number of fused-ring (bicyclic) bond motifs is 1. The maximum Gasteiger partial charge on any atom is 0.255 e. The lowest BCUT2D eigenvalue weighted by Crippen LogP contribution is -2.11. The molecule has 4 rings (SSSR count). The third kappa shape index (κ3) is 3.59. The molecule has 0 spiro atoms. The molecule has 0 saturated heterocycles. The van der Waals surface area contributed by atoms with E-state index >= 15 is 0 Å². The Labute approximate surface area is 154 Å². The number of carbonyl (C=O) groups is 1. The highest BCUT2D eigenvalue weighted by Crippen LogP contribution is 2.28. The van der Waals surface area contributed by atoms with Gasteiger partial charge in [-0.3, -0.25) is 4.79 Å². The Balaban J connectivity index is 1.60. The van der Waals surface area contributed by atoms with Gasteiger partial charge in [-0.1, -0.05) is 30.3 Å². The van der Waals surface area contributed by atoms with Gasteiger partial charge in [0.25, 0.3) is 5.91 Å². The first-order valence-corrected chi connectivity index (χ1v) is 8.24. The summed E-state index contributed by atoms with van der Waals surface area (Å²) in [5, 5.41) is 3.27. The lowest BCUT2D eigenvalue weighted by molar-refractivity contribution is 0.102. The molecule has 0 aliphatic heterocycles. The fraction of sp³-hybridized carbons (Fsp3) is 0. The molecule has 0 radical (unpaired) electrons. The van der Waals surface area contributed by atoms with Crippen LogP contribution in [0.3, 0.4) is 0 Å². The first-order valence-electron chi connectivity index (χ1n) is 8.24. The quantitative estimate of drug-likeness (QED) is 0.568. The Bertz CT molecular complexity index is 1120. The minimum atomic E-state index is -0.448. The monoisotopic (exact) mass is 359 g/mol. The summed E-state index contributed by atoms with van der Waals surface area (Å²) >= 11 is 0. The summed E-state index contributed by atoms with van der Waals surface area (Å²) in [6.45, 7) is 0. The van der Waals surface area contributed by atoms with Crippen molar-refractivity contribution in [1.82, 2.24) is 9.97 Å². The van der Waals surface area contributed by atoms with Crippen LogP contribution in [0.25, 0.3) is 10.9 Å². The first-order chi connectivity index (χ1) is 13.2. The normalized spacial score (nSPS) is 10.6. The number of anilines is 1. The van der Waals surface area contributed by atoms with Crippen LogP contribution in [-0.2, 0) is 0 Å². The van der Waals surface area contributed by atoms with Crippen molar-refractivity contribution in [3.8, 4) is 11.6 Å². The number of amides is 1. The van der Waals surface area contributed by atoms with Gasteiger partial charge < -0.3 is 10.1 Å². The fourth-order valence-corrected chi connectivity index (χ4v) is 2.65. The Morgan fingerprint density at radius 3 is 2.59 bits per heavy atom.